The molecule has 1 atom stereocenters. The average molecular weight is 284 g/mol. The molecule has 0 aromatic heterocycles. The number of nitrogens with one attached hydrogen (secondary N) is 1. The first-order chi connectivity index (χ1) is 10.2. The van der Waals surface area contributed by atoms with Gasteiger partial charge in [0.15, 0.2) is 0 Å². The van der Waals surface area contributed by atoms with E-state index in [1.165, 1.54) is 16.7 Å². The lowest BCUT2D eigenvalue weighted by molar-refractivity contribution is 0.287. The SMILES string of the molecule is CCc1cccc(C(CCOc2cccc(C)c2)NN)c1. The summed E-state index contributed by atoms with van der Waals surface area (Å²) in [6, 6.07) is 16.7. The summed E-state index contributed by atoms with van der Waals surface area (Å²) in [5.41, 5.74) is 6.63. The predicted octanol–water partition coefficient (Wildman–Crippen LogP) is 3.53. The fraction of sp³-hybridized carbons (Fsp3) is 0.333. The Morgan fingerprint density at radius 3 is 2.67 bits per heavy atom. The molecule has 112 valence electrons. The monoisotopic (exact) mass is 284 g/mol. The van der Waals surface area contributed by atoms with Gasteiger partial charge in [0.25, 0.3) is 0 Å². The minimum absolute atomic E-state index is 0.112. The van der Waals surface area contributed by atoms with Crippen LogP contribution in [0.25, 0.3) is 0 Å². The largest absolute Gasteiger partial charge is 0.494 e. The van der Waals surface area contributed by atoms with Crippen molar-refractivity contribution in [2.24, 2.45) is 5.84 Å². The smallest absolute Gasteiger partial charge is 0.119 e. The second-order valence-electron chi connectivity index (χ2n) is 5.27. The van der Waals surface area contributed by atoms with Crippen molar-refractivity contribution in [3.63, 3.8) is 0 Å². The van der Waals surface area contributed by atoms with Crippen molar-refractivity contribution in [3.05, 3.63) is 65.2 Å². The van der Waals surface area contributed by atoms with E-state index < -0.39 is 0 Å². The molecule has 0 fully saturated rings. The molecule has 3 N–H and O–H groups in total. The number of ether oxygens (including phenoxy) is 1. The van der Waals surface area contributed by atoms with Crippen molar-refractivity contribution < 1.29 is 4.74 Å². The van der Waals surface area contributed by atoms with Gasteiger partial charge >= 0.3 is 0 Å². The summed E-state index contributed by atoms with van der Waals surface area (Å²) in [4.78, 5) is 0. The molecule has 0 bridgehead atoms. The first-order valence-electron chi connectivity index (χ1n) is 7.47. The van der Waals surface area contributed by atoms with Gasteiger partial charge in [-0.25, -0.2) is 0 Å². The summed E-state index contributed by atoms with van der Waals surface area (Å²) in [7, 11) is 0. The molecule has 0 aliphatic carbocycles. The fourth-order valence-corrected chi connectivity index (χ4v) is 2.38. The Morgan fingerprint density at radius 1 is 1.14 bits per heavy atom. The Bertz CT molecular complexity index is 569. The van der Waals surface area contributed by atoms with Crippen LogP contribution in [0.15, 0.2) is 48.5 Å². The van der Waals surface area contributed by atoms with E-state index in [0.717, 1.165) is 18.6 Å². The van der Waals surface area contributed by atoms with Crippen molar-refractivity contribution in [2.75, 3.05) is 6.61 Å². The molecule has 0 saturated heterocycles. The van der Waals surface area contributed by atoms with Crippen LogP contribution in [0.2, 0.25) is 0 Å². The minimum atomic E-state index is 0.112. The van der Waals surface area contributed by atoms with Crippen molar-refractivity contribution in [3.8, 4) is 5.75 Å². The van der Waals surface area contributed by atoms with Crippen LogP contribution in [0.4, 0.5) is 0 Å². The Labute approximate surface area is 127 Å². The third kappa shape index (κ3) is 4.59. The zero-order chi connectivity index (χ0) is 15.1. The second kappa shape index (κ2) is 7.81. The van der Waals surface area contributed by atoms with Crippen LogP contribution >= 0.6 is 0 Å². The van der Waals surface area contributed by atoms with Crippen LogP contribution in [-0.2, 0) is 6.42 Å². The number of rotatable bonds is 7. The summed E-state index contributed by atoms with van der Waals surface area (Å²) in [6.45, 7) is 4.85. The maximum absolute atomic E-state index is 5.80. The number of benzene rings is 2. The van der Waals surface area contributed by atoms with Gasteiger partial charge in [-0.15, -0.1) is 0 Å². The Morgan fingerprint density at radius 2 is 1.95 bits per heavy atom. The molecule has 2 aromatic rings. The van der Waals surface area contributed by atoms with Crippen molar-refractivity contribution in [1.29, 1.82) is 0 Å². The van der Waals surface area contributed by atoms with E-state index in [9.17, 15) is 0 Å². The Hall–Kier alpha value is -1.84. The van der Waals surface area contributed by atoms with Crippen LogP contribution < -0.4 is 16.0 Å². The summed E-state index contributed by atoms with van der Waals surface area (Å²) < 4.78 is 5.80. The Kier molecular flexibility index (Phi) is 5.78. The standard InChI is InChI=1S/C18H24N2O/c1-3-15-7-5-8-16(13-15)18(20-19)10-11-21-17-9-4-6-14(2)12-17/h4-9,12-13,18,20H,3,10-11,19H2,1-2H3. The van der Waals surface area contributed by atoms with Gasteiger partial charge in [-0.2, -0.15) is 0 Å². The summed E-state index contributed by atoms with van der Waals surface area (Å²) in [5.74, 6) is 6.60. The van der Waals surface area contributed by atoms with Crippen LogP contribution in [0, 0.1) is 6.92 Å². The molecule has 2 aromatic carbocycles. The van der Waals surface area contributed by atoms with Crippen LogP contribution in [-0.4, -0.2) is 6.61 Å². The third-order valence-corrected chi connectivity index (χ3v) is 3.63. The van der Waals surface area contributed by atoms with Crippen molar-refractivity contribution >= 4 is 0 Å². The van der Waals surface area contributed by atoms with Gasteiger partial charge in [-0.05, 0) is 42.2 Å². The molecule has 0 saturated carbocycles. The van der Waals surface area contributed by atoms with Crippen LogP contribution in [0.5, 0.6) is 5.75 Å². The van der Waals surface area contributed by atoms with Crippen molar-refractivity contribution in [1.82, 2.24) is 5.43 Å². The number of nitrogens with two attached hydrogens (primary N) is 1. The third-order valence-electron chi connectivity index (χ3n) is 3.63. The molecule has 2 rings (SSSR count). The van der Waals surface area contributed by atoms with E-state index in [1.807, 2.05) is 18.2 Å². The number of hydrogen-bond acceptors (Lipinski definition) is 3. The summed E-state index contributed by atoms with van der Waals surface area (Å²) >= 11 is 0. The summed E-state index contributed by atoms with van der Waals surface area (Å²) in [5, 5.41) is 0. The summed E-state index contributed by atoms with van der Waals surface area (Å²) in [6.07, 6.45) is 1.86. The molecule has 0 aliphatic heterocycles. The molecular formula is C18H24N2O. The van der Waals surface area contributed by atoms with Gasteiger partial charge in [0, 0.05) is 12.5 Å². The first-order valence-corrected chi connectivity index (χ1v) is 7.47. The minimum Gasteiger partial charge on any atom is -0.494 e. The van der Waals surface area contributed by atoms with E-state index in [-0.39, 0.29) is 6.04 Å². The lowest BCUT2D eigenvalue weighted by Gasteiger charge is -2.17. The zero-order valence-electron chi connectivity index (χ0n) is 12.8. The van der Waals surface area contributed by atoms with E-state index in [1.54, 1.807) is 0 Å². The van der Waals surface area contributed by atoms with Gasteiger partial charge in [-0.1, -0.05) is 43.3 Å². The highest BCUT2D eigenvalue weighted by Gasteiger charge is 2.10. The molecule has 0 amide bonds. The maximum Gasteiger partial charge on any atom is 0.119 e. The van der Waals surface area contributed by atoms with Gasteiger partial charge in [0.2, 0.25) is 0 Å². The van der Waals surface area contributed by atoms with Gasteiger partial charge in [0.05, 0.1) is 6.61 Å². The van der Waals surface area contributed by atoms with E-state index in [4.69, 9.17) is 10.6 Å². The number of hydrogen-bond donors (Lipinski definition) is 2. The van der Waals surface area contributed by atoms with E-state index in [0.29, 0.717) is 6.61 Å². The molecular weight excluding hydrogens is 260 g/mol. The first kappa shape index (κ1) is 15.5. The number of hydrazine groups is 1. The normalized spacial score (nSPS) is 12.1. The topological polar surface area (TPSA) is 47.3 Å². The van der Waals surface area contributed by atoms with Gasteiger partial charge < -0.3 is 4.74 Å². The molecule has 1 unspecified atom stereocenters. The molecule has 21 heavy (non-hydrogen) atoms. The van der Waals surface area contributed by atoms with Gasteiger partial charge in [-0.3, -0.25) is 11.3 Å². The van der Waals surface area contributed by atoms with E-state index >= 15 is 0 Å². The molecule has 0 spiro atoms. The predicted molar refractivity (Wildman–Crippen MR) is 87.2 cm³/mol. The average Bonchev–Trinajstić information content (AvgIpc) is 2.52. The van der Waals surface area contributed by atoms with E-state index in [2.05, 4.69) is 49.6 Å². The highest BCUT2D eigenvalue weighted by molar-refractivity contribution is 5.28. The van der Waals surface area contributed by atoms with Gasteiger partial charge in [0.1, 0.15) is 5.75 Å². The molecule has 0 heterocycles. The highest BCUT2D eigenvalue weighted by Crippen LogP contribution is 2.19. The Balaban J connectivity index is 1.93. The second-order valence-corrected chi connectivity index (χ2v) is 5.27. The molecule has 0 radical (unpaired) electrons. The lowest BCUT2D eigenvalue weighted by atomic mass is 10.0. The zero-order valence-corrected chi connectivity index (χ0v) is 12.8. The fourth-order valence-electron chi connectivity index (χ4n) is 2.38. The molecule has 3 nitrogen and oxygen atoms in total. The molecule has 3 heteroatoms. The lowest BCUT2D eigenvalue weighted by Crippen LogP contribution is -2.29. The maximum atomic E-state index is 5.80. The molecule has 0 aliphatic rings. The highest BCUT2D eigenvalue weighted by atomic mass is 16.5. The quantitative estimate of drug-likeness (QED) is 0.604. The number of aryl methyl sites for hydroxylation is 2. The van der Waals surface area contributed by atoms with Crippen molar-refractivity contribution in [2.45, 2.75) is 32.7 Å². The van der Waals surface area contributed by atoms with Crippen LogP contribution in [0.1, 0.15) is 36.1 Å². The van der Waals surface area contributed by atoms with Crippen LogP contribution in [0.3, 0.4) is 0 Å².